The first-order chi connectivity index (χ1) is 18.2. The third-order valence-corrected chi connectivity index (χ3v) is 9.73. The molecular formula is C28H31ClN4O4S2. The highest BCUT2D eigenvalue weighted by molar-refractivity contribution is 7.92. The number of aryl methyl sites for hydroxylation is 1. The summed E-state index contributed by atoms with van der Waals surface area (Å²) in [7, 11) is 1.76. The van der Waals surface area contributed by atoms with Gasteiger partial charge < -0.3 is 9.64 Å². The van der Waals surface area contributed by atoms with Crippen LogP contribution in [-0.4, -0.2) is 65.0 Å². The van der Waals surface area contributed by atoms with Gasteiger partial charge in [-0.2, -0.15) is 0 Å². The Morgan fingerprint density at radius 1 is 1.05 bits per heavy atom. The van der Waals surface area contributed by atoms with Crippen LogP contribution in [0.5, 0.6) is 5.75 Å². The van der Waals surface area contributed by atoms with E-state index in [9.17, 15) is 13.2 Å². The predicted molar refractivity (Wildman–Crippen MR) is 160 cm³/mol. The molecule has 11 heteroatoms. The molecule has 0 saturated heterocycles. The highest BCUT2D eigenvalue weighted by Crippen LogP contribution is 2.37. The lowest BCUT2D eigenvalue weighted by Gasteiger charge is -2.22. The molecule has 3 aromatic carbocycles. The average Bonchev–Trinajstić information content (AvgIpc) is 3.55. The van der Waals surface area contributed by atoms with E-state index >= 15 is 0 Å². The van der Waals surface area contributed by atoms with Crippen molar-refractivity contribution >= 4 is 60.7 Å². The number of aromatic nitrogens is 1. The summed E-state index contributed by atoms with van der Waals surface area (Å²) in [4.78, 5) is 22.3. The molecule has 0 bridgehead atoms. The highest BCUT2D eigenvalue weighted by atomic mass is 35.5. The number of thiazole rings is 1. The Labute approximate surface area is 239 Å². The molecule has 1 amide bonds. The van der Waals surface area contributed by atoms with Crippen molar-refractivity contribution in [1.82, 2.24) is 9.88 Å². The minimum atomic E-state index is -3.74. The molecule has 0 aliphatic carbocycles. The third-order valence-electron chi connectivity index (χ3n) is 6.69. The Morgan fingerprint density at radius 2 is 1.77 bits per heavy atom. The molecule has 39 heavy (non-hydrogen) atoms. The van der Waals surface area contributed by atoms with Crippen LogP contribution in [0.2, 0.25) is 0 Å². The van der Waals surface area contributed by atoms with Crippen LogP contribution in [0.15, 0.2) is 65.6 Å². The molecule has 1 aliphatic heterocycles. The standard InChI is InChI=1S/C28H30N4O4S2.ClH/c1-19-9-14-24(36-4)25-26(19)37-28(29-25)31(18-17-30(2)3)27(33)21-10-12-22(13-11-21)38(34,35)32-16-15-20-7-5-6-8-23(20)32;/h5-14H,15-18H2,1-4H3;1H. The van der Waals surface area contributed by atoms with Crippen LogP contribution in [0.25, 0.3) is 10.2 Å². The maximum Gasteiger partial charge on any atom is 0.264 e. The molecule has 0 saturated carbocycles. The average molecular weight is 587 g/mol. The van der Waals surface area contributed by atoms with E-state index in [2.05, 4.69) is 0 Å². The molecule has 0 spiro atoms. The van der Waals surface area contributed by atoms with Gasteiger partial charge in [-0.1, -0.05) is 35.6 Å². The number of carbonyl (C=O) groups is 1. The Kier molecular flexibility index (Phi) is 8.51. The van der Waals surface area contributed by atoms with Crippen molar-refractivity contribution < 1.29 is 17.9 Å². The molecule has 0 atom stereocenters. The summed E-state index contributed by atoms with van der Waals surface area (Å²) in [6, 6.07) is 17.6. The molecule has 1 aromatic heterocycles. The van der Waals surface area contributed by atoms with E-state index in [4.69, 9.17) is 9.72 Å². The number of sulfonamides is 1. The quantitative estimate of drug-likeness (QED) is 0.289. The largest absolute Gasteiger partial charge is 0.494 e. The zero-order chi connectivity index (χ0) is 27.0. The first kappa shape index (κ1) is 28.8. The van der Waals surface area contributed by atoms with Crippen molar-refractivity contribution in [2.24, 2.45) is 0 Å². The molecule has 2 heterocycles. The fourth-order valence-corrected chi connectivity index (χ4v) is 7.15. The lowest BCUT2D eigenvalue weighted by molar-refractivity contribution is 0.0985. The van der Waals surface area contributed by atoms with Crippen LogP contribution in [0.4, 0.5) is 10.8 Å². The number of benzene rings is 3. The number of hydrogen-bond donors (Lipinski definition) is 0. The smallest absolute Gasteiger partial charge is 0.264 e. The van der Waals surface area contributed by atoms with E-state index in [-0.39, 0.29) is 23.2 Å². The van der Waals surface area contributed by atoms with Crippen LogP contribution in [0.1, 0.15) is 21.5 Å². The Balaban J connectivity index is 0.00000353. The van der Waals surface area contributed by atoms with Gasteiger partial charge in [0.15, 0.2) is 5.13 Å². The summed E-state index contributed by atoms with van der Waals surface area (Å²) in [5, 5.41) is 0.574. The Hall–Kier alpha value is -3.18. The van der Waals surface area contributed by atoms with Crippen LogP contribution in [0.3, 0.4) is 0 Å². The molecule has 4 aromatic rings. The van der Waals surface area contributed by atoms with Gasteiger partial charge in [0.05, 0.1) is 22.4 Å². The number of likely N-dealkylation sites (N-methyl/N-ethyl adjacent to an activating group) is 1. The SMILES string of the molecule is COc1ccc(C)c2sc(N(CCN(C)C)C(=O)c3ccc(S(=O)(=O)N4CCc5ccccc54)cc3)nc12.Cl. The molecule has 1 aliphatic rings. The van der Waals surface area contributed by atoms with Crippen LogP contribution in [0, 0.1) is 6.92 Å². The highest BCUT2D eigenvalue weighted by Gasteiger charge is 2.31. The van der Waals surface area contributed by atoms with E-state index < -0.39 is 10.0 Å². The van der Waals surface area contributed by atoms with Crippen molar-refractivity contribution in [3.8, 4) is 5.75 Å². The molecule has 8 nitrogen and oxygen atoms in total. The van der Waals surface area contributed by atoms with E-state index in [1.807, 2.05) is 62.3 Å². The van der Waals surface area contributed by atoms with E-state index in [1.54, 1.807) is 24.1 Å². The lowest BCUT2D eigenvalue weighted by atomic mass is 10.2. The minimum Gasteiger partial charge on any atom is -0.494 e. The fourth-order valence-electron chi connectivity index (χ4n) is 4.57. The number of halogens is 1. The van der Waals surface area contributed by atoms with Gasteiger partial charge in [-0.25, -0.2) is 13.4 Å². The maximum atomic E-state index is 13.7. The van der Waals surface area contributed by atoms with Crippen LogP contribution in [-0.2, 0) is 16.4 Å². The van der Waals surface area contributed by atoms with E-state index in [0.717, 1.165) is 21.3 Å². The second kappa shape index (κ2) is 11.5. The number of nitrogens with zero attached hydrogens (tertiary/aromatic N) is 4. The number of rotatable bonds is 8. The Bertz CT molecular complexity index is 1600. The number of carbonyl (C=O) groups excluding carboxylic acids is 1. The van der Waals surface area contributed by atoms with Gasteiger partial charge in [-0.05, 0) is 75.0 Å². The molecule has 5 rings (SSSR count). The zero-order valence-electron chi connectivity index (χ0n) is 22.2. The molecule has 0 N–H and O–H groups in total. The molecule has 0 unspecified atom stereocenters. The number of hydrogen-bond acceptors (Lipinski definition) is 7. The maximum absolute atomic E-state index is 13.7. The van der Waals surface area contributed by atoms with Gasteiger partial charge in [-0.3, -0.25) is 14.0 Å². The summed E-state index contributed by atoms with van der Waals surface area (Å²) >= 11 is 1.45. The monoisotopic (exact) mass is 586 g/mol. The number of ether oxygens (including phenoxy) is 1. The van der Waals surface area contributed by atoms with Gasteiger partial charge in [0.1, 0.15) is 11.3 Å². The van der Waals surface area contributed by atoms with Gasteiger partial charge in [-0.15, -0.1) is 12.4 Å². The summed E-state index contributed by atoms with van der Waals surface area (Å²) in [5.74, 6) is 0.421. The van der Waals surface area contributed by atoms with Crippen molar-refractivity contribution in [3.05, 3.63) is 77.4 Å². The first-order valence-electron chi connectivity index (χ1n) is 12.3. The third kappa shape index (κ3) is 5.47. The summed E-state index contributed by atoms with van der Waals surface area (Å²) in [6.45, 7) is 3.48. The van der Waals surface area contributed by atoms with Crippen molar-refractivity contribution in [1.29, 1.82) is 0 Å². The molecule has 206 valence electrons. The summed E-state index contributed by atoms with van der Waals surface area (Å²) < 4.78 is 34.7. The summed E-state index contributed by atoms with van der Waals surface area (Å²) in [5.41, 5.74) is 3.91. The molecular weight excluding hydrogens is 556 g/mol. The molecule has 0 fully saturated rings. The lowest BCUT2D eigenvalue weighted by Crippen LogP contribution is -2.36. The summed E-state index contributed by atoms with van der Waals surface area (Å²) in [6.07, 6.45) is 0.680. The van der Waals surface area contributed by atoms with Crippen LogP contribution < -0.4 is 13.9 Å². The second-order valence-electron chi connectivity index (χ2n) is 9.50. The van der Waals surface area contributed by atoms with Gasteiger partial charge in [0, 0.05) is 25.2 Å². The fraction of sp³-hybridized carbons (Fsp3) is 0.286. The first-order valence-corrected chi connectivity index (χ1v) is 14.6. The van der Waals surface area contributed by atoms with Crippen molar-refractivity contribution in [2.45, 2.75) is 18.2 Å². The van der Waals surface area contributed by atoms with E-state index in [0.29, 0.717) is 48.2 Å². The number of amides is 1. The normalized spacial score (nSPS) is 12.9. The number of para-hydroxylation sites is 1. The van der Waals surface area contributed by atoms with E-state index in [1.165, 1.54) is 27.8 Å². The van der Waals surface area contributed by atoms with Crippen molar-refractivity contribution in [3.63, 3.8) is 0 Å². The second-order valence-corrected chi connectivity index (χ2v) is 12.3. The zero-order valence-corrected chi connectivity index (χ0v) is 24.7. The predicted octanol–water partition coefficient (Wildman–Crippen LogP) is 4.99. The topological polar surface area (TPSA) is 83.0 Å². The van der Waals surface area contributed by atoms with Gasteiger partial charge >= 0.3 is 0 Å². The Morgan fingerprint density at radius 3 is 2.46 bits per heavy atom. The van der Waals surface area contributed by atoms with Gasteiger partial charge in [0.2, 0.25) is 0 Å². The number of anilines is 2. The number of fused-ring (bicyclic) bond motifs is 2. The van der Waals surface area contributed by atoms with Gasteiger partial charge in [0.25, 0.3) is 15.9 Å². The molecule has 0 radical (unpaired) electrons. The van der Waals surface area contributed by atoms with Crippen molar-refractivity contribution in [2.75, 3.05) is 50.0 Å². The van der Waals surface area contributed by atoms with Crippen LogP contribution >= 0.6 is 23.7 Å². The minimum absolute atomic E-state index is 0. The number of methoxy groups -OCH3 is 1.